The number of nitrogens with zero attached hydrogens (tertiary/aromatic N) is 4. The summed E-state index contributed by atoms with van der Waals surface area (Å²) < 4.78 is 2.44. The highest BCUT2D eigenvalue weighted by molar-refractivity contribution is 7.99. The van der Waals surface area contributed by atoms with Crippen LogP contribution in [0.5, 0.6) is 0 Å². The van der Waals surface area contributed by atoms with Crippen LogP contribution in [0.3, 0.4) is 0 Å². The molecular formula is C17H24N4S. The van der Waals surface area contributed by atoms with E-state index in [1.165, 1.54) is 43.1 Å². The summed E-state index contributed by atoms with van der Waals surface area (Å²) in [6, 6.07) is 4.11. The predicted molar refractivity (Wildman–Crippen MR) is 92.4 cm³/mol. The molecule has 118 valence electrons. The van der Waals surface area contributed by atoms with E-state index >= 15 is 0 Å². The van der Waals surface area contributed by atoms with Gasteiger partial charge in [-0.05, 0) is 62.4 Å². The number of pyridine rings is 1. The van der Waals surface area contributed by atoms with Gasteiger partial charge < -0.3 is 9.47 Å². The van der Waals surface area contributed by atoms with Crippen LogP contribution < -0.4 is 0 Å². The van der Waals surface area contributed by atoms with E-state index in [-0.39, 0.29) is 0 Å². The summed E-state index contributed by atoms with van der Waals surface area (Å²) >= 11 is 2.09. The first kappa shape index (κ1) is 14.5. The normalized spacial score (nSPS) is 26.8. The molecule has 0 radical (unpaired) electrons. The van der Waals surface area contributed by atoms with Gasteiger partial charge in [0.05, 0.1) is 0 Å². The number of imidazole rings is 1. The number of fused-ring (bicyclic) bond motifs is 1. The molecule has 2 saturated heterocycles. The molecule has 2 aliphatic heterocycles. The number of rotatable bonds is 3. The maximum Gasteiger partial charge on any atom is 0.160 e. The Labute approximate surface area is 136 Å². The molecule has 0 amide bonds. The van der Waals surface area contributed by atoms with Gasteiger partial charge in [0.1, 0.15) is 11.3 Å². The van der Waals surface area contributed by atoms with E-state index in [0.29, 0.717) is 5.92 Å². The molecule has 0 saturated carbocycles. The zero-order valence-corrected chi connectivity index (χ0v) is 14.1. The number of hydrogen-bond acceptors (Lipinski definition) is 4. The van der Waals surface area contributed by atoms with Gasteiger partial charge in [-0.1, -0.05) is 0 Å². The molecule has 0 bridgehead atoms. The van der Waals surface area contributed by atoms with Crippen molar-refractivity contribution in [3.05, 3.63) is 24.2 Å². The molecule has 0 N–H and O–H groups in total. The van der Waals surface area contributed by atoms with E-state index in [9.17, 15) is 0 Å². The third kappa shape index (κ3) is 2.76. The van der Waals surface area contributed by atoms with Crippen molar-refractivity contribution in [2.45, 2.75) is 31.7 Å². The van der Waals surface area contributed by atoms with Crippen LogP contribution in [-0.2, 0) is 6.54 Å². The van der Waals surface area contributed by atoms with E-state index in [4.69, 9.17) is 4.98 Å². The molecule has 0 aliphatic carbocycles. The molecule has 2 aliphatic rings. The van der Waals surface area contributed by atoms with E-state index in [0.717, 1.165) is 30.2 Å². The largest absolute Gasteiger partial charge is 0.312 e. The Bertz CT molecular complexity index is 647. The van der Waals surface area contributed by atoms with Crippen LogP contribution in [0.25, 0.3) is 11.2 Å². The monoisotopic (exact) mass is 316 g/mol. The number of piperidine rings is 1. The van der Waals surface area contributed by atoms with Gasteiger partial charge in [-0.3, -0.25) is 0 Å². The van der Waals surface area contributed by atoms with Crippen molar-refractivity contribution in [3.63, 3.8) is 0 Å². The fraction of sp³-hybridized carbons (Fsp3) is 0.647. The molecule has 5 heteroatoms. The second-order valence-corrected chi connectivity index (χ2v) is 7.91. The Balaban J connectivity index is 1.71. The third-order valence-electron chi connectivity index (χ3n) is 4.99. The topological polar surface area (TPSA) is 34.0 Å². The highest BCUT2D eigenvalue weighted by atomic mass is 32.2. The van der Waals surface area contributed by atoms with Crippen molar-refractivity contribution in [2.24, 2.45) is 5.92 Å². The molecule has 4 rings (SSSR count). The Kier molecular flexibility index (Phi) is 4.09. The number of thioether (sulfide) groups is 1. The summed E-state index contributed by atoms with van der Waals surface area (Å²) in [5, 5.41) is 0. The zero-order valence-electron chi connectivity index (χ0n) is 13.2. The summed E-state index contributed by atoms with van der Waals surface area (Å²) in [7, 11) is 2.23. The molecule has 4 nitrogen and oxygen atoms in total. The zero-order chi connectivity index (χ0) is 14.9. The van der Waals surface area contributed by atoms with Crippen molar-refractivity contribution >= 4 is 22.9 Å². The Hall–Kier alpha value is -1.07. The lowest BCUT2D eigenvalue weighted by atomic mass is 9.97. The maximum atomic E-state index is 4.98. The van der Waals surface area contributed by atoms with Gasteiger partial charge >= 0.3 is 0 Å². The van der Waals surface area contributed by atoms with Crippen molar-refractivity contribution in [1.29, 1.82) is 0 Å². The van der Waals surface area contributed by atoms with Gasteiger partial charge in [0, 0.05) is 25.2 Å². The van der Waals surface area contributed by atoms with E-state index in [1.807, 2.05) is 12.3 Å². The molecule has 2 fully saturated rings. The highest BCUT2D eigenvalue weighted by Crippen LogP contribution is 2.31. The lowest BCUT2D eigenvalue weighted by molar-refractivity contribution is 0.242. The summed E-state index contributed by atoms with van der Waals surface area (Å²) in [4.78, 5) is 12.1. The summed E-state index contributed by atoms with van der Waals surface area (Å²) in [5.41, 5.74) is 2.15. The maximum absolute atomic E-state index is 4.98. The van der Waals surface area contributed by atoms with E-state index < -0.39 is 0 Å². The molecule has 2 aromatic rings. The van der Waals surface area contributed by atoms with Crippen molar-refractivity contribution in [3.8, 4) is 0 Å². The number of likely N-dealkylation sites (N-methyl/N-ethyl adjacent to an activating group) is 1. The fourth-order valence-corrected chi connectivity index (χ4v) is 5.10. The highest BCUT2D eigenvalue weighted by Gasteiger charge is 2.27. The van der Waals surface area contributed by atoms with Gasteiger partial charge in [0.2, 0.25) is 0 Å². The van der Waals surface area contributed by atoms with Crippen molar-refractivity contribution in [1.82, 2.24) is 19.4 Å². The molecular weight excluding hydrogens is 292 g/mol. The van der Waals surface area contributed by atoms with Crippen LogP contribution in [0.4, 0.5) is 0 Å². The minimum atomic E-state index is 0.557. The fourth-order valence-electron chi connectivity index (χ4n) is 3.83. The standard InChI is InChI=1S/C17H24N4S/c1-20-8-3-4-14(11-20)16-19-15-5-2-7-18-17(15)21(16)10-13-6-9-22-12-13/h2,5,7,13-14H,3-4,6,8-12H2,1H3. The summed E-state index contributed by atoms with van der Waals surface area (Å²) in [5.74, 6) is 5.21. The average Bonchev–Trinajstić information content (AvgIpc) is 3.16. The first-order chi connectivity index (χ1) is 10.8. The van der Waals surface area contributed by atoms with Gasteiger partial charge in [0.25, 0.3) is 0 Å². The van der Waals surface area contributed by atoms with Crippen LogP contribution in [-0.4, -0.2) is 51.1 Å². The van der Waals surface area contributed by atoms with E-state index in [1.54, 1.807) is 0 Å². The lowest BCUT2D eigenvalue weighted by Crippen LogP contribution is -2.32. The molecule has 22 heavy (non-hydrogen) atoms. The lowest BCUT2D eigenvalue weighted by Gasteiger charge is -2.30. The Morgan fingerprint density at radius 3 is 3.14 bits per heavy atom. The second kappa shape index (κ2) is 6.20. The van der Waals surface area contributed by atoms with Gasteiger partial charge in [-0.2, -0.15) is 11.8 Å². The molecule has 4 heterocycles. The molecule has 2 atom stereocenters. The number of hydrogen-bond donors (Lipinski definition) is 0. The summed E-state index contributed by atoms with van der Waals surface area (Å²) in [6.45, 7) is 3.44. The van der Waals surface area contributed by atoms with Gasteiger partial charge in [-0.15, -0.1) is 0 Å². The second-order valence-electron chi connectivity index (χ2n) is 6.76. The number of likely N-dealkylation sites (tertiary alicyclic amines) is 1. The van der Waals surface area contributed by atoms with Gasteiger partial charge in [-0.25, -0.2) is 9.97 Å². The Morgan fingerprint density at radius 2 is 2.32 bits per heavy atom. The summed E-state index contributed by atoms with van der Waals surface area (Å²) in [6.07, 6.45) is 5.77. The first-order valence-electron chi connectivity index (χ1n) is 8.38. The smallest absolute Gasteiger partial charge is 0.160 e. The molecule has 0 aromatic carbocycles. The van der Waals surface area contributed by atoms with Crippen LogP contribution in [0, 0.1) is 5.92 Å². The molecule has 2 aromatic heterocycles. The first-order valence-corrected chi connectivity index (χ1v) is 9.54. The predicted octanol–water partition coefficient (Wildman–Crippen LogP) is 2.99. The Morgan fingerprint density at radius 1 is 1.36 bits per heavy atom. The minimum absolute atomic E-state index is 0.557. The molecule has 0 spiro atoms. The van der Waals surface area contributed by atoms with Crippen molar-refractivity contribution < 1.29 is 0 Å². The third-order valence-corrected chi connectivity index (χ3v) is 6.22. The van der Waals surface area contributed by atoms with Gasteiger partial charge in [0.15, 0.2) is 5.65 Å². The average molecular weight is 316 g/mol. The van der Waals surface area contributed by atoms with Crippen molar-refractivity contribution in [2.75, 3.05) is 31.6 Å². The quantitative estimate of drug-likeness (QED) is 0.872. The minimum Gasteiger partial charge on any atom is -0.312 e. The van der Waals surface area contributed by atoms with Crippen LogP contribution in [0.15, 0.2) is 18.3 Å². The SMILES string of the molecule is CN1CCCC(c2nc3cccnc3n2CC2CCSC2)C1. The van der Waals surface area contributed by atoms with Crippen LogP contribution >= 0.6 is 11.8 Å². The number of aromatic nitrogens is 3. The van der Waals surface area contributed by atoms with Crippen LogP contribution in [0.2, 0.25) is 0 Å². The molecule has 2 unspecified atom stereocenters. The van der Waals surface area contributed by atoms with Crippen LogP contribution in [0.1, 0.15) is 31.0 Å². The van der Waals surface area contributed by atoms with E-state index in [2.05, 4.69) is 39.3 Å².